The van der Waals surface area contributed by atoms with Gasteiger partial charge in [0.05, 0.1) is 16.7 Å². The Balaban J connectivity index is 1.28. The van der Waals surface area contributed by atoms with Crippen molar-refractivity contribution in [1.29, 1.82) is 0 Å². The van der Waals surface area contributed by atoms with Crippen molar-refractivity contribution < 1.29 is 0 Å². The van der Waals surface area contributed by atoms with Crippen LogP contribution in [-0.2, 0) is 0 Å². The van der Waals surface area contributed by atoms with Gasteiger partial charge in [-0.1, -0.05) is 138 Å². The standard InChI is InChI=1S/C48H26B5N7/c49-38-37(39(50)41(52)42(53)40(38)51)48-58-45(29-18-8-3-9-19-29)55-46(59-48)30-24-25-36(60-34-22-12-10-20-31(34)32-21-11-13-23-35(32)60)33(26-30)47-56-43(27-14-4-1-5-15-27)54-44(57-47)28-16-6-2-7-17-28/h1-26H. The molecule has 0 fully saturated rings. The van der Waals surface area contributed by atoms with Crippen LogP contribution < -0.4 is 27.3 Å². The zero-order chi connectivity index (χ0) is 40.9. The van der Waals surface area contributed by atoms with Crippen LogP contribution in [0.3, 0.4) is 0 Å². The fraction of sp³-hybridized carbons (Fsp3) is 0. The Morgan fingerprint density at radius 3 is 1.15 bits per heavy atom. The number of hydrogen-bond donors (Lipinski definition) is 0. The van der Waals surface area contributed by atoms with Gasteiger partial charge in [0, 0.05) is 44.2 Å². The molecule has 0 saturated carbocycles. The van der Waals surface area contributed by atoms with Gasteiger partial charge in [0.15, 0.2) is 34.9 Å². The second-order valence-electron chi connectivity index (χ2n) is 14.3. The SMILES string of the molecule is [B]c1c([B])c([B])c(-c2nc(-c3ccccc3)nc(-c3ccc(-n4c5ccccc5c5ccccc54)c(-c4nc(-c5ccccc5)nc(-c5ccccc5)n4)c3)n2)c([B])c1[B]. The molecule has 0 N–H and O–H groups in total. The molecule has 0 atom stereocenters. The molecule has 0 spiro atoms. The number of aromatic nitrogens is 7. The summed E-state index contributed by atoms with van der Waals surface area (Å²) in [5.74, 6) is 2.40. The van der Waals surface area contributed by atoms with Gasteiger partial charge < -0.3 is 4.57 Å². The van der Waals surface area contributed by atoms with Crippen LogP contribution in [0, 0.1) is 0 Å². The summed E-state index contributed by atoms with van der Waals surface area (Å²) in [5, 5.41) is 2.22. The lowest BCUT2D eigenvalue weighted by Crippen LogP contribution is -2.55. The molecule has 0 aliphatic carbocycles. The average molecular weight is 755 g/mol. The van der Waals surface area contributed by atoms with E-state index in [1.165, 1.54) is 0 Å². The third kappa shape index (κ3) is 6.41. The lowest BCUT2D eigenvalue weighted by atomic mass is 9.60. The van der Waals surface area contributed by atoms with Crippen LogP contribution in [0.15, 0.2) is 158 Å². The van der Waals surface area contributed by atoms with Gasteiger partial charge in [-0.25, -0.2) is 29.9 Å². The molecule has 0 saturated heterocycles. The number of hydrogen-bond acceptors (Lipinski definition) is 6. The smallest absolute Gasteiger partial charge is 0.166 e. The van der Waals surface area contributed by atoms with E-state index in [2.05, 4.69) is 41.0 Å². The first-order valence-corrected chi connectivity index (χ1v) is 19.2. The molecule has 60 heavy (non-hydrogen) atoms. The Labute approximate surface area is 353 Å². The summed E-state index contributed by atoms with van der Waals surface area (Å²) in [6.45, 7) is 0. The van der Waals surface area contributed by atoms with Crippen molar-refractivity contribution in [3.05, 3.63) is 158 Å². The Bertz CT molecular complexity index is 3130. The summed E-state index contributed by atoms with van der Waals surface area (Å²) < 4.78 is 2.24. The lowest BCUT2D eigenvalue weighted by Gasteiger charge is -2.21. The minimum atomic E-state index is 0.0935. The molecule has 268 valence electrons. The molecular formula is C48H26B5N7. The van der Waals surface area contributed by atoms with E-state index in [4.69, 9.17) is 69.1 Å². The van der Waals surface area contributed by atoms with Gasteiger partial charge in [-0.3, -0.25) is 0 Å². The third-order valence-corrected chi connectivity index (χ3v) is 10.6. The highest BCUT2D eigenvalue weighted by molar-refractivity contribution is 6.68. The quantitative estimate of drug-likeness (QED) is 0.210. The zero-order valence-corrected chi connectivity index (χ0v) is 32.0. The molecule has 0 bridgehead atoms. The maximum Gasteiger partial charge on any atom is 0.166 e. The van der Waals surface area contributed by atoms with Crippen LogP contribution in [0.5, 0.6) is 0 Å². The van der Waals surface area contributed by atoms with Crippen molar-refractivity contribution in [2.24, 2.45) is 0 Å². The molecular weight excluding hydrogens is 729 g/mol. The minimum absolute atomic E-state index is 0.0935. The molecule has 0 unspecified atom stereocenters. The number of para-hydroxylation sites is 2. The summed E-state index contributed by atoms with van der Waals surface area (Å²) in [6, 6.07) is 52.1. The van der Waals surface area contributed by atoms with Crippen LogP contribution in [0.2, 0.25) is 0 Å². The predicted molar refractivity (Wildman–Crippen MR) is 247 cm³/mol. The number of benzene rings is 7. The summed E-state index contributed by atoms with van der Waals surface area (Å²) in [5.41, 5.74) is 7.45. The van der Waals surface area contributed by atoms with E-state index in [1.807, 2.05) is 121 Å². The minimum Gasteiger partial charge on any atom is -0.309 e. The summed E-state index contributed by atoms with van der Waals surface area (Å²) >= 11 is 0. The Morgan fingerprint density at radius 1 is 0.317 bits per heavy atom. The van der Waals surface area contributed by atoms with Crippen molar-refractivity contribution in [2.75, 3.05) is 0 Å². The molecule has 0 amide bonds. The number of fused-ring (bicyclic) bond motifs is 3. The second kappa shape index (κ2) is 15.1. The summed E-state index contributed by atoms with van der Waals surface area (Å²) in [6.07, 6.45) is 0. The van der Waals surface area contributed by atoms with Crippen LogP contribution in [0.4, 0.5) is 0 Å². The van der Waals surface area contributed by atoms with Gasteiger partial charge in [0.25, 0.3) is 0 Å². The van der Waals surface area contributed by atoms with Crippen molar-refractivity contribution in [1.82, 2.24) is 34.5 Å². The largest absolute Gasteiger partial charge is 0.309 e. The van der Waals surface area contributed by atoms with Gasteiger partial charge in [-0.2, -0.15) is 0 Å². The van der Waals surface area contributed by atoms with E-state index >= 15 is 0 Å². The van der Waals surface area contributed by atoms with Gasteiger partial charge in [0.1, 0.15) is 39.2 Å². The first-order valence-electron chi connectivity index (χ1n) is 19.2. The fourth-order valence-corrected chi connectivity index (χ4v) is 7.58. The topological polar surface area (TPSA) is 82.3 Å². The van der Waals surface area contributed by atoms with Crippen LogP contribution >= 0.6 is 0 Å². The van der Waals surface area contributed by atoms with E-state index < -0.39 is 0 Å². The normalized spacial score (nSPS) is 11.3. The number of rotatable bonds is 7. The fourth-order valence-electron chi connectivity index (χ4n) is 7.58. The monoisotopic (exact) mass is 755 g/mol. The van der Waals surface area contributed by atoms with Crippen molar-refractivity contribution in [2.45, 2.75) is 0 Å². The summed E-state index contributed by atoms with van der Waals surface area (Å²) in [7, 11) is 32.0. The average Bonchev–Trinajstić information content (AvgIpc) is 3.65. The van der Waals surface area contributed by atoms with Gasteiger partial charge in [-0.05, 0) is 30.3 Å². The van der Waals surface area contributed by atoms with Crippen LogP contribution in [0.1, 0.15) is 0 Å². The van der Waals surface area contributed by atoms with Crippen molar-refractivity contribution >= 4 is 88.4 Å². The maximum atomic E-state index is 6.59. The predicted octanol–water partition coefficient (Wildman–Crippen LogP) is 5.12. The molecule has 0 aliphatic rings. The maximum absolute atomic E-state index is 6.59. The Morgan fingerprint density at radius 2 is 0.683 bits per heavy atom. The van der Waals surface area contributed by atoms with Gasteiger partial charge >= 0.3 is 0 Å². The highest BCUT2D eigenvalue weighted by Gasteiger charge is 2.23. The van der Waals surface area contributed by atoms with E-state index in [0.29, 0.717) is 40.2 Å². The van der Waals surface area contributed by atoms with Crippen LogP contribution in [0.25, 0.3) is 95.8 Å². The van der Waals surface area contributed by atoms with E-state index in [1.54, 1.807) is 0 Å². The highest BCUT2D eigenvalue weighted by atomic mass is 15.1. The molecule has 0 aliphatic heterocycles. The molecule has 10 rings (SSSR count). The lowest BCUT2D eigenvalue weighted by molar-refractivity contribution is 1.06. The second-order valence-corrected chi connectivity index (χ2v) is 14.3. The molecule has 3 aromatic heterocycles. The van der Waals surface area contributed by atoms with Crippen LogP contribution in [-0.4, -0.2) is 73.7 Å². The Kier molecular flexibility index (Phi) is 9.33. The van der Waals surface area contributed by atoms with E-state index in [0.717, 1.165) is 44.2 Å². The molecule has 10 aromatic rings. The van der Waals surface area contributed by atoms with Gasteiger partial charge in [0.2, 0.25) is 0 Å². The first-order chi connectivity index (χ1) is 29.3. The molecule has 10 radical (unpaired) electrons. The van der Waals surface area contributed by atoms with Crippen molar-refractivity contribution in [3.8, 4) is 74.0 Å². The Hall–Kier alpha value is -7.32. The molecule has 12 heteroatoms. The van der Waals surface area contributed by atoms with E-state index in [-0.39, 0.29) is 38.7 Å². The molecule has 3 heterocycles. The zero-order valence-electron chi connectivity index (χ0n) is 32.0. The van der Waals surface area contributed by atoms with E-state index in [9.17, 15) is 0 Å². The van der Waals surface area contributed by atoms with Gasteiger partial charge in [-0.15, -0.1) is 16.4 Å². The summed E-state index contributed by atoms with van der Waals surface area (Å²) in [4.78, 5) is 30.2. The number of nitrogens with zero attached hydrogens (tertiary/aromatic N) is 7. The molecule has 7 nitrogen and oxygen atoms in total. The first kappa shape index (κ1) is 37.0. The van der Waals surface area contributed by atoms with Crippen molar-refractivity contribution in [3.63, 3.8) is 0 Å². The highest BCUT2D eigenvalue weighted by Crippen LogP contribution is 2.38. The third-order valence-electron chi connectivity index (χ3n) is 10.6. The molecule has 7 aromatic carbocycles.